The van der Waals surface area contributed by atoms with Gasteiger partial charge in [-0.05, 0) is 31.9 Å². The van der Waals surface area contributed by atoms with Gasteiger partial charge in [0.1, 0.15) is 18.0 Å². The Kier molecular flexibility index (Phi) is 5.95. The van der Waals surface area contributed by atoms with E-state index in [-0.39, 0.29) is 0 Å². The molecule has 2 atom stereocenters. The number of hydrogen-bond donors (Lipinski definition) is 2. The number of nitrogens with zero attached hydrogens (tertiary/aromatic N) is 2. The third kappa shape index (κ3) is 3.78. The zero-order valence-corrected chi connectivity index (χ0v) is 13.6. The van der Waals surface area contributed by atoms with Crippen LogP contribution in [0.15, 0.2) is 6.33 Å². The van der Waals surface area contributed by atoms with Crippen LogP contribution in [0.2, 0.25) is 0 Å². The van der Waals surface area contributed by atoms with Gasteiger partial charge in [0, 0.05) is 23.4 Å². The van der Waals surface area contributed by atoms with E-state index < -0.39 is 0 Å². The van der Waals surface area contributed by atoms with E-state index >= 15 is 0 Å². The lowest BCUT2D eigenvalue weighted by atomic mass is 10.2. The molecule has 1 heterocycles. The third-order valence-electron chi connectivity index (χ3n) is 3.78. The van der Waals surface area contributed by atoms with Crippen LogP contribution in [0.1, 0.15) is 45.1 Å². The Hall–Kier alpha value is -0.970. The molecule has 2 rings (SSSR count). The van der Waals surface area contributed by atoms with Crippen LogP contribution in [0.4, 0.5) is 11.6 Å². The molecule has 1 aliphatic carbocycles. The SMILES string of the molecule is CCCNc1ncnc(NC2CCCC2SCC)c1C. The molecule has 1 saturated carbocycles. The van der Waals surface area contributed by atoms with Crippen LogP contribution in [0.25, 0.3) is 0 Å². The molecule has 20 heavy (non-hydrogen) atoms. The van der Waals surface area contributed by atoms with Crippen molar-refractivity contribution in [2.24, 2.45) is 0 Å². The van der Waals surface area contributed by atoms with Gasteiger partial charge < -0.3 is 10.6 Å². The Morgan fingerprint density at radius 2 is 2.05 bits per heavy atom. The molecule has 0 bridgehead atoms. The monoisotopic (exact) mass is 294 g/mol. The number of rotatable bonds is 7. The fraction of sp³-hybridized carbons (Fsp3) is 0.733. The quantitative estimate of drug-likeness (QED) is 0.803. The van der Waals surface area contributed by atoms with Crippen molar-refractivity contribution in [2.45, 2.75) is 57.7 Å². The normalized spacial score (nSPS) is 21.9. The zero-order chi connectivity index (χ0) is 14.4. The molecule has 0 radical (unpaired) electrons. The molecule has 1 aromatic rings. The lowest BCUT2D eigenvalue weighted by Gasteiger charge is -2.22. The van der Waals surface area contributed by atoms with Gasteiger partial charge in [0.05, 0.1) is 0 Å². The summed E-state index contributed by atoms with van der Waals surface area (Å²) in [4.78, 5) is 8.77. The summed E-state index contributed by atoms with van der Waals surface area (Å²) in [5, 5.41) is 7.74. The number of anilines is 2. The Labute approximate surface area is 126 Å². The second-order valence-corrected chi connectivity index (χ2v) is 6.81. The molecule has 0 aromatic carbocycles. The van der Waals surface area contributed by atoms with Gasteiger partial charge in [-0.2, -0.15) is 11.8 Å². The van der Waals surface area contributed by atoms with Crippen molar-refractivity contribution < 1.29 is 0 Å². The minimum atomic E-state index is 0.549. The molecule has 0 aliphatic heterocycles. The van der Waals surface area contributed by atoms with E-state index in [4.69, 9.17) is 0 Å². The molecule has 0 amide bonds. The summed E-state index contributed by atoms with van der Waals surface area (Å²) in [5.74, 6) is 3.14. The standard InChI is InChI=1S/C15H26N4S/c1-4-9-16-14-11(3)15(18-10-17-14)19-12-7-6-8-13(12)20-5-2/h10,12-13H,4-9H2,1-3H3,(H2,16,17,18,19). The van der Waals surface area contributed by atoms with Crippen molar-refractivity contribution in [1.82, 2.24) is 9.97 Å². The average molecular weight is 294 g/mol. The Morgan fingerprint density at radius 1 is 1.25 bits per heavy atom. The first-order chi connectivity index (χ1) is 9.76. The largest absolute Gasteiger partial charge is 0.370 e. The Morgan fingerprint density at radius 3 is 2.80 bits per heavy atom. The number of aromatic nitrogens is 2. The molecular formula is C15H26N4S. The lowest BCUT2D eigenvalue weighted by Crippen LogP contribution is -2.27. The molecular weight excluding hydrogens is 268 g/mol. The molecule has 1 aliphatic rings. The van der Waals surface area contributed by atoms with Gasteiger partial charge in [0.15, 0.2) is 0 Å². The van der Waals surface area contributed by atoms with Crippen LogP contribution in [-0.4, -0.2) is 33.6 Å². The van der Waals surface area contributed by atoms with Gasteiger partial charge in [-0.25, -0.2) is 9.97 Å². The van der Waals surface area contributed by atoms with Crippen LogP contribution in [0, 0.1) is 6.92 Å². The van der Waals surface area contributed by atoms with Gasteiger partial charge in [-0.3, -0.25) is 0 Å². The summed E-state index contributed by atoms with van der Waals surface area (Å²) < 4.78 is 0. The van der Waals surface area contributed by atoms with E-state index in [1.807, 2.05) is 0 Å². The van der Waals surface area contributed by atoms with Gasteiger partial charge in [-0.1, -0.05) is 20.3 Å². The third-order valence-corrected chi connectivity index (χ3v) is 5.11. The van der Waals surface area contributed by atoms with Crippen LogP contribution in [-0.2, 0) is 0 Å². The molecule has 112 valence electrons. The highest BCUT2D eigenvalue weighted by Gasteiger charge is 2.27. The zero-order valence-electron chi connectivity index (χ0n) is 12.8. The van der Waals surface area contributed by atoms with Crippen LogP contribution >= 0.6 is 11.8 Å². The molecule has 4 nitrogen and oxygen atoms in total. The van der Waals surface area contributed by atoms with E-state index in [9.17, 15) is 0 Å². The average Bonchev–Trinajstić information content (AvgIpc) is 2.88. The molecule has 0 saturated heterocycles. The van der Waals surface area contributed by atoms with Crippen molar-refractivity contribution in [2.75, 3.05) is 22.9 Å². The summed E-state index contributed by atoms with van der Waals surface area (Å²) in [7, 11) is 0. The fourth-order valence-corrected chi connectivity index (χ4v) is 3.90. The van der Waals surface area contributed by atoms with Crippen molar-refractivity contribution in [3.8, 4) is 0 Å². The second kappa shape index (κ2) is 7.72. The Bertz CT molecular complexity index is 424. The predicted molar refractivity (Wildman–Crippen MR) is 88.7 cm³/mol. The highest BCUT2D eigenvalue weighted by molar-refractivity contribution is 7.99. The first-order valence-corrected chi connectivity index (χ1v) is 8.74. The molecule has 5 heteroatoms. The number of hydrogen-bond acceptors (Lipinski definition) is 5. The molecule has 1 aromatic heterocycles. The Balaban J connectivity index is 2.05. The number of nitrogens with one attached hydrogen (secondary N) is 2. The second-order valence-electron chi connectivity index (χ2n) is 5.30. The van der Waals surface area contributed by atoms with Crippen molar-refractivity contribution in [1.29, 1.82) is 0 Å². The van der Waals surface area contributed by atoms with Crippen LogP contribution < -0.4 is 10.6 Å². The topological polar surface area (TPSA) is 49.8 Å². The minimum absolute atomic E-state index is 0.549. The van der Waals surface area contributed by atoms with Crippen LogP contribution in [0.5, 0.6) is 0 Å². The van der Waals surface area contributed by atoms with E-state index in [0.29, 0.717) is 6.04 Å². The fourth-order valence-electron chi connectivity index (χ4n) is 2.70. The summed E-state index contributed by atoms with van der Waals surface area (Å²) in [6.45, 7) is 7.45. The van der Waals surface area contributed by atoms with E-state index in [0.717, 1.165) is 35.4 Å². The first kappa shape index (κ1) is 15.4. The maximum atomic E-state index is 4.43. The van der Waals surface area contributed by atoms with Gasteiger partial charge in [0.25, 0.3) is 0 Å². The highest BCUT2D eigenvalue weighted by Crippen LogP contribution is 2.32. The summed E-state index contributed by atoms with van der Waals surface area (Å²) in [6.07, 6.45) is 6.65. The highest BCUT2D eigenvalue weighted by atomic mass is 32.2. The molecule has 2 unspecified atom stereocenters. The number of thioether (sulfide) groups is 1. The lowest BCUT2D eigenvalue weighted by molar-refractivity contribution is 0.760. The van der Waals surface area contributed by atoms with E-state index in [1.165, 1.54) is 25.0 Å². The summed E-state index contributed by atoms with van der Waals surface area (Å²) >= 11 is 2.07. The van der Waals surface area contributed by atoms with E-state index in [2.05, 4.69) is 53.1 Å². The van der Waals surface area contributed by atoms with Crippen molar-refractivity contribution in [3.05, 3.63) is 11.9 Å². The predicted octanol–water partition coefficient (Wildman–Crippen LogP) is 3.69. The molecule has 2 N–H and O–H groups in total. The smallest absolute Gasteiger partial charge is 0.134 e. The van der Waals surface area contributed by atoms with Crippen molar-refractivity contribution in [3.63, 3.8) is 0 Å². The molecule has 0 spiro atoms. The van der Waals surface area contributed by atoms with Gasteiger partial charge >= 0.3 is 0 Å². The van der Waals surface area contributed by atoms with E-state index in [1.54, 1.807) is 6.33 Å². The minimum Gasteiger partial charge on any atom is -0.370 e. The van der Waals surface area contributed by atoms with Gasteiger partial charge in [-0.15, -0.1) is 0 Å². The maximum Gasteiger partial charge on any atom is 0.134 e. The summed E-state index contributed by atoms with van der Waals surface area (Å²) in [6, 6.07) is 0.549. The van der Waals surface area contributed by atoms with Crippen LogP contribution in [0.3, 0.4) is 0 Å². The summed E-state index contributed by atoms with van der Waals surface area (Å²) in [5.41, 5.74) is 1.13. The van der Waals surface area contributed by atoms with Gasteiger partial charge in [0.2, 0.25) is 0 Å². The van der Waals surface area contributed by atoms with Crippen molar-refractivity contribution >= 4 is 23.4 Å². The first-order valence-electron chi connectivity index (χ1n) is 7.69. The molecule has 1 fully saturated rings. The maximum absolute atomic E-state index is 4.43.